The van der Waals surface area contributed by atoms with Gasteiger partial charge in [-0.2, -0.15) is 5.10 Å². The summed E-state index contributed by atoms with van der Waals surface area (Å²) < 4.78 is 0. The SMILES string of the molecule is CCc1c(C)[nH]c2c1/C(=N/N(C)C(=O)Nc1ccc(Cl)cc1)CCC2. The second-order valence-electron chi connectivity index (χ2n) is 6.30. The van der Waals surface area contributed by atoms with Crippen molar-refractivity contribution in [2.24, 2.45) is 5.10 Å². The molecule has 2 N–H and O–H groups in total. The Labute approximate surface area is 153 Å². The molecular weight excluding hydrogens is 336 g/mol. The second kappa shape index (κ2) is 7.31. The highest BCUT2D eigenvalue weighted by Crippen LogP contribution is 2.28. The van der Waals surface area contributed by atoms with Gasteiger partial charge >= 0.3 is 6.03 Å². The summed E-state index contributed by atoms with van der Waals surface area (Å²) in [4.78, 5) is 15.9. The zero-order valence-corrected chi connectivity index (χ0v) is 15.6. The number of amides is 2. The largest absolute Gasteiger partial charge is 0.362 e. The minimum Gasteiger partial charge on any atom is -0.362 e. The van der Waals surface area contributed by atoms with Crippen molar-refractivity contribution in [2.75, 3.05) is 12.4 Å². The molecule has 1 aromatic heterocycles. The van der Waals surface area contributed by atoms with E-state index in [9.17, 15) is 4.79 Å². The average molecular weight is 359 g/mol. The number of hydrogen-bond donors (Lipinski definition) is 2. The van der Waals surface area contributed by atoms with Crippen LogP contribution in [0.5, 0.6) is 0 Å². The number of rotatable bonds is 3. The Kier molecular flexibility index (Phi) is 5.13. The molecule has 2 aromatic rings. The van der Waals surface area contributed by atoms with Crippen LogP contribution in [0.2, 0.25) is 5.02 Å². The number of carbonyl (C=O) groups is 1. The number of aromatic nitrogens is 1. The van der Waals surface area contributed by atoms with Gasteiger partial charge in [-0.25, -0.2) is 9.80 Å². The van der Waals surface area contributed by atoms with E-state index in [2.05, 4.69) is 29.2 Å². The van der Waals surface area contributed by atoms with Crippen LogP contribution in [0.4, 0.5) is 10.5 Å². The Bertz CT molecular complexity index is 808. The first-order valence-corrected chi connectivity index (χ1v) is 8.95. The quantitative estimate of drug-likeness (QED) is 0.764. The third kappa shape index (κ3) is 3.71. The van der Waals surface area contributed by atoms with Crippen LogP contribution in [0.25, 0.3) is 0 Å². The number of hydrazone groups is 1. The number of aromatic amines is 1. The van der Waals surface area contributed by atoms with E-state index in [1.165, 1.54) is 27.5 Å². The van der Waals surface area contributed by atoms with Gasteiger partial charge in [0.2, 0.25) is 0 Å². The zero-order chi connectivity index (χ0) is 18.0. The summed E-state index contributed by atoms with van der Waals surface area (Å²) >= 11 is 5.87. The molecule has 1 aromatic carbocycles. The molecule has 25 heavy (non-hydrogen) atoms. The first-order chi connectivity index (χ1) is 12.0. The summed E-state index contributed by atoms with van der Waals surface area (Å²) in [6.45, 7) is 4.26. The molecule has 3 rings (SSSR count). The Hall–Kier alpha value is -2.27. The van der Waals surface area contributed by atoms with E-state index >= 15 is 0 Å². The molecule has 2 amide bonds. The molecule has 0 saturated carbocycles. The molecule has 0 fully saturated rings. The third-order valence-corrected chi connectivity index (χ3v) is 4.79. The number of halogens is 1. The summed E-state index contributed by atoms with van der Waals surface area (Å²) in [6.07, 6.45) is 3.92. The molecule has 0 unspecified atom stereocenters. The molecule has 6 heteroatoms. The number of fused-ring (bicyclic) bond motifs is 1. The molecule has 0 aliphatic heterocycles. The van der Waals surface area contributed by atoms with E-state index in [0.717, 1.165) is 31.4 Å². The number of aryl methyl sites for hydroxylation is 2. The van der Waals surface area contributed by atoms with Gasteiger partial charge in [-0.3, -0.25) is 0 Å². The van der Waals surface area contributed by atoms with E-state index in [0.29, 0.717) is 10.7 Å². The van der Waals surface area contributed by atoms with E-state index in [1.54, 1.807) is 31.3 Å². The van der Waals surface area contributed by atoms with E-state index in [1.807, 2.05) is 0 Å². The summed E-state index contributed by atoms with van der Waals surface area (Å²) in [5.41, 5.74) is 6.63. The summed E-state index contributed by atoms with van der Waals surface area (Å²) in [5, 5.41) is 9.45. The minimum absolute atomic E-state index is 0.271. The van der Waals surface area contributed by atoms with Crippen molar-refractivity contribution in [1.29, 1.82) is 0 Å². The minimum atomic E-state index is -0.271. The second-order valence-corrected chi connectivity index (χ2v) is 6.73. The van der Waals surface area contributed by atoms with E-state index in [-0.39, 0.29) is 6.03 Å². The summed E-state index contributed by atoms with van der Waals surface area (Å²) in [7, 11) is 1.68. The Morgan fingerprint density at radius 3 is 2.72 bits per heavy atom. The van der Waals surface area contributed by atoms with Gasteiger partial charge in [0.15, 0.2) is 0 Å². The van der Waals surface area contributed by atoms with Gasteiger partial charge in [0, 0.05) is 34.7 Å². The topological polar surface area (TPSA) is 60.5 Å². The number of hydrogen-bond acceptors (Lipinski definition) is 2. The first-order valence-electron chi connectivity index (χ1n) is 8.58. The maximum atomic E-state index is 12.4. The first kappa shape index (κ1) is 17.5. The molecule has 0 bridgehead atoms. The van der Waals surface area contributed by atoms with Gasteiger partial charge < -0.3 is 10.3 Å². The lowest BCUT2D eigenvalue weighted by Gasteiger charge is -2.19. The van der Waals surface area contributed by atoms with Crippen LogP contribution < -0.4 is 5.32 Å². The van der Waals surface area contributed by atoms with Crippen LogP contribution in [0.15, 0.2) is 29.4 Å². The molecule has 0 atom stereocenters. The molecular formula is C19H23ClN4O. The summed E-state index contributed by atoms with van der Waals surface area (Å²) in [6, 6.07) is 6.75. The van der Waals surface area contributed by atoms with Gasteiger partial charge in [0.05, 0.1) is 5.71 Å². The smallest absolute Gasteiger partial charge is 0.341 e. The maximum absolute atomic E-state index is 12.4. The molecule has 0 radical (unpaired) electrons. The van der Waals surface area contributed by atoms with Crippen LogP contribution in [0.3, 0.4) is 0 Å². The Balaban J connectivity index is 1.81. The van der Waals surface area contributed by atoms with Crippen molar-refractivity contribution in [3.8, 4) is 0 Å². The molecule has 1 heterocycles. The zero-order valence-electron chi connectivity index (χ0n) is 14.8. The number of benzene rings is 1. The number of carbonyl (C=O) groups excluding carboxylic acids is 1. The van der Waals surface area contributed by atoms with Crippen molar-refractivity contribution >= 4 is 29.0 Å². The number of anilines is 1. The highest BCUT2D eigenvalue weighted by Gasteiger charge is 2.23. The van der Waals surface area contributed by atoms with E-state index < -0.39 is 0 Å². The fourth-order valence-electron chi connectivity index (χ4n) is 3.33. The normalized spacial score (nSPS) is 15.1. The molecule has 0 spiro atoms. The van der Waals surface area contributed by atoms with Gasteiger partial charge in [-0.15, -0.1) is 0 Å². The Morgan fingerprint density at radius 2 is 2.04 bits per heavy atom. The average Bonchev–Trinajstić information content (AvgIpc) is 2.93. The third-order valence-electron chi connectivity index (χ3n) is 4.54. The van der Waals surface area contributed by atoms with Crippen molar-refractivity contribution in [3.63, 3.8) is 0 Å². The fourth-order valence-corrected chi connectivity index (χ4v) is 3.46. The van der Waals surface area contributed by atoms with Crippen LogP contribution in [0.1, 0.15) is 42.3 Å². The number of H-pyrrole nitrogens is 1. The number of nitrogens with one attached hydrogen (secondary N) is 2. The van der Waals surface area contributed by atoms with Crippen molar-refractivity contribution in [3.05, 3.63) is 51.8 Å². The monoisotopic (exact) mass is 358 g/mol. The molecule has 5 nitrogen and oxygen atoms in total. The lowest BCUT2D eigenvalue weighted by Crippen LogP contribution is -2.29. The van der Waals surface area contributed by atoms with Crippen LogP contribution in [0, 0.1) is 6.92 Å². The van der Waals surface area contributed by atoms with Crippen LogP contribution >= 0.6 is 11.6 Å². The predicted molar refractivity (Wildman–Crippen MR) is 103 cm³/mol. The van der Waals surface area contributed by atoms with Crippen molar-refractivity contribution in [2.45, 2.75) is 39.5 Å². The van der Waals surface area contributed by atoms with Gasteiger partial charge in [-0.1, -0.05) is 18.5 Å². The van der Waals surface area contributed by atoms with E-state index in [4.69, 9.17) is 11.6 Å². The van der Waals surface area contributed by atoms with Crippen LogP contribution in [-0.4, -0.2) is 28.8 Å². The number of nitrogens with zero attached hydrogens (tertiary/aromatic N) is 2. The number of urea groups is 1. The summed E-state index contributed by atoms with van der Waals surface area (Å²) in [5.74, 6) is 0. The van der Waals surface area contributed by atoms with Crippen LogP contribution in [-0.2, 0) is 12.8 Å². The predicted octanol–water partition coefficient (Wildman–Crippen LogP) is 4.74. The highest BCUT2D eigenvalue weighted by atomic mass is 35.5. The van der Waals surface area contributed by atoms with Gasteiger partial charge in [0.25, 0.3) is 0 Å². The lowest BCUT2D eigenvalue weighted by molar-refractivity contribution is 0.224. The Morgan fingerprint density at radius 1 is 1.32 bits per heavy atom. The van der Waals surface area contributed by atoms with Crippen molar-refractivity contribution in [1.82, 2.24) is 9.99 Å². The van der Waals surface area contributed by atoms with Gasteiger partial charge in [0.1, 0.15) is 0 Å². The molecule has 132 valence electrons. The lowest BCUT2D eigenvalue weighted by atomic mass is 9.91. The van der Waals surface area contributed by atoms with Gasteiger partial charge in [-0.05, 0) is 62.4 Å². The molecule has 0 saturated heterocycles. The standard InChI is InChI=1S/C19H23ClN4O/c1-4-15-12(2)21-16-6-5-7-17(18(15)16)23-24(3)19(25)22-14-10-8-13(20)9-11-14/h8-11,21H,4-7H2,1-3H3,(H,22,25)/b23-17+. The maximum Gasteiger partial charge on any atom is 0.341 e. The van der Waals surface area contributed by atoms with Crippen molar-refractivity contribution < 1.29 is 4.79 Å². The highest BCUT2D eigenvalue weighted by molar-refractivity contribution is 6.30. The fraction of sp³-hybridized carbons (Fsp3) is 0.368. The molecule has 1 aliphatic rings. The molecule has 1 aliphatic carbocycles.